The molecule has 0 aromatic carbocycles. The molecule has 1 unspecified atom stereocenters. The average molecular weight is 295 g/mol. The van der Waals surface area contributed by atoms with E-state index in [1.165, 1.54) is 6.54 Å². The predicted molar refractivity (Wildman–Crippen MR) is 82.2 cm³/mol. The van der Waals surface area contributed by atoms with Crippen LogP contribution in [0.1, 0.15) is 26.2 Å². The molecule has 1 atom stereocenters. The maximum absolute atomic E-state index is 12.7. The van der Waals surface area contributed by atoms with Crippen LogP contribution < -0.4 is 5.32 Å². The molecular formula is C16H29N3O2. The summed E-state index contributed by atoms with van der Waals surface area (Å²) in [6, 6.07) is 0. The minimum absolute atomic E-state index is 0.156. The minimum Gasteiger partial charge on any atom is -0.379 e. The maximum Gasteiger partial charge on any atom is 0.229 e. The van der Waals surface area contributed by atoms with Gasteiger partial charge in [-0.25, -0.2) is 0 Å². The van der Waals surface area contributed by atoms with Crippen LogP contribution in [0.4, 0.5) is 0 Å². The molecule has 120 valence electrons. The topological polar surface area (TPSA) is 44.8 Å². The molecule has 5 nitrogen and oxygen atoms in total. The highest BCUT2D eigenvalue weighted by Crippen LogP contribution is 2.29. The molecule has 5 heteroatoms. The zero-order valence-electron chi connectivity index (χ0n) is 13.3. The Labute approximate surface area is 128 Å². The second kappa shape index (κ2) is 6.63. The lowest BCUT2D eigenvalue weighted by Gasteiger charge is -2.38. The highest BCUT2D eigenvalue weighted by Gasteiger charge is 2.40. The number of rotatable bonds is 3. The molecule has 3 fully saturated rings. The number of carbonyl (C=O) groups excluding carboxylic acids is 1. The van der Waals surface area contributed by atoms with E-state index in [1.807, 2.05) is 0 Å². The van der Waals surface area contributed by atoms with Gasteiger partial charge in [0.1, 0.15) is 0 Å². The quantitative estimate of drug-likeness (QED) is 0.826. The third kappa shape index (κ3) is 3.58. The van der Waals surface area contributed by atoms with Crippen molar-refractivity contribution in [2.75, 3.05) is 59.0 Å². The Bertz CT molecular complexity index is 355. The van der Waals surface area contributed by atoms with Crippen LogP contribution in [0.25, 0.3) is 0 Å². The van der Waals surface area contributed by atoms with E-state index in [1.54, 1.807) is 0 Å². The first-order valence-electron chi connectivity index (χ1n) is 8.48. The number of nitrogens with one attached hydrogen (secondary N) is 1. The van der Waals surface area contributed by atoms with Crippen molar-refractivity contribution >= 4 is 5.91 Å². The van der Waals surface area contributed by atoms with Gasteiger partial charge in [0.05, 0.1) is 18.6 Å². The normalized spacial score (nSPS) is 32.5. The lowest BCUT2D eigenvalue weighted by atomic mass is 9.86. The summed E-state index contributed by atoms with van der Waals surface area (Å²) in [7, 11) is 0. The highest BCUT2D eigenvalue weighted by molar-refractivity contribution is 5.83. The van der Waals surface area contributed by atoms with Gasteiger partial charge in [-0.15, -0.1) is 0 Å². The molecule has 0 radical (unpaired) electrons. The number of hydrogen-bond donors (Lipinski definition) is 1. The molecule has 3 saturated heterocycles. The van der Waals surface area contributed by atoms with E-state index >= 15 is 0 Å². The Kier molecular flexibility index (Phi) is 4.82. The summed E-state index contributed by atoms with van der Waals surface area (Å²) in [5.74, 6) is 1.12. The molecule has 3 aliphatic heterocycles. The predicted octanol–water partition coefficient (Wildman–Crippen LogP) is 0.557. The van der Waals surface area contributed by atoms with E-state index in [-0.39, 0.29) is 5.41 Å². The number of hydrogen-bond acceptors (Lipinski definition) is 4. The summed E-state index contributed by atoms with van der Waals surface area (Å²) in [6.07, 6.45) is 3.30. The van der Waals surface area contributed by atoms with Crippen molar-refractivity contribution in [2.24, 2.45) is 11.3 Å². The largest absolute Gasteiger partial charge is 0.379 e. The molecule has 0 bridgehead atoms. The smallest absolute Gasteiger partial charge is 0.229 e. The summed E-state index contributed by atoms with van der Waals surface area (Å²) < 4.78 is 5.40. The van der Waals surface area contributed by atoms with Crippen molar-refractivity contribution in [1.82, 2.24) is 15.1 Å². The molecule has 0 saturated carbocycles. The number of ether oxygens (including phenoxy) is 1. The molecule has 0 aromatic heterocycles. The van der Waals surface area contributed by atoms with Gasteiger partial charge in [0, 0.05) is 39.3 Å². The molecule has 1 amide bonds. The van der Waals surface area contributed by atoms with Crippen molar-refractivity contribution in [2.45, 2.75) is 26.2 Å². The zero-order valence-corrected chi connectivity index (χ0v) is 13.3. The number of piperidine rings is 1. The number of carbonyl (C=O) groups is 1. The van der Waals surface area contributed by atoms with Gasteiger partial charge in [0.2, 0.25) is 5.91 Å². The highest BCUT2D eigenvalue weighted by atomic mass is 16.5. The fourth-order valence-electron chi connectivity index (χ4n) is 3.85. The van der Waals surface area contributed by atoms with Crippen LogP contribution in [-0.2, 0) is 9.53 Å². The number of morpholine rings is 1. The van der Waals surface area contributed by atoms with E-state index in [0.29, 0.717) is 5.91 Å². The number of nitrogens with zero attached hydrogens (tertiary/aromatic N) is 2. The SMILES string of the molecule is CC1(C(=O)N2CCC(CN3CCOCC3)CC2)CCNC1. The third-order valence-electron chi connectivity index (χ3n) is 5.41. The van der Waals surface area contributed by atoms with E-state index in [2.05, 4.69) is 22.0 Å². The first-order chi connectivity index (χ1) is 10.2. The fourth-order valence-corrected chi connectivity index (χ4v) is 3.85. The standard InChI is InChI=1S/C16H29N3O2/c1-16(4-5-17-13-16)15(20)19-6-2-14(3-7-19)12-18-8-10-21-11-9-18/h14,17H,2-13H2,1H3. The molecule has 0 aromatic rings. The van der Waals surface area contributed by atoms with Gasteiger partial charge in [-0.2, -0.15) is 0 Å². The lowest BCUT2D eigenvalue weighted by Crippen LogP contribution is -2.48. The Morgan fingerprint density at radius 3 is 2.57 bits per heavy atom. The Morgan fingerprint density at radius 2 is 1.95 bits per heavy atom. The fraction of sp³-hybridized carbons (Fsp3) is 0.938. The van der Waals surface area contributed by atoms with Crippen LogP contribution in [0.3, 0.4) is 0 Å². The van der Waals surface area contributed by atoms with Gasteiger partial charge in [-0.1, -0.05) is 0 Å². The van der Waals surface area contributed by atoms with Crippen molar-refractivity contribution in [1.29, 1.82) is 0 Å². The van der Waals surface area contributed by atoms with E-state index in [9.17, 15) is 4.79 Å². The summed E-state index contributed by atoms with van der Waals surface area (Å²) in [6.45, 7) is 10.9. The molecule has 0 spiro atoms. The molecule has 3 aliphatic rings. The lowest BCUT2D eigenvalue weighted by molar-refractivity contribution is -0.141. The molecule has 0 aliphatic carbocycles. The van der Waals surface area contributed by atoms with E-state index < -0.39 is 0 Å². The molecule has 3 heterocycles. The summed E-state index contributed by atoms with van der Waals surface area (Å²) in [4.78, 5) is 17.3. The van der Waals surface area contributed by atoms with Gasteiger partial charge in [-0.3, -0.25) is 9.69 Å². The van der Waals surface area contributed by atoms with Crippen LogP contribution >= 0.6 is 0 Å². The summed E-state index contributed by atoms with van der Waals surface area (Å²) in [5, 5.41) is 3.33. The van der Waals surface area contributed by atoms with Crippen molar-refractivity contribution in [3.8, 4) is 0 Å². The van der Waals surface area contributed by atoms with E-state index in [4.69, 9.17) is 4.74 Å². The average Bonchev–Trinajstić information content (AvgIpc) is 2.96. The Balaban J connectivity index is 1.45. The van der Waals surface area contributed by atoms with Crippen LogP contribution in [0.15, 0.2) is 0 Å². The Morgan fingerprint density at radius 1 is 1.24 bits per heavy atom. The van der Waals surface area contributed by atoms with Gasteiger partial charge in [-0.05, 0) is 38.6 Å². The van der Waals surface area contributed by atoms with Gasteiger partial charge >= 0.3 is 0 Å². The summed E-state index contributed by atoms with van der Waals surface area (Å²) >= 11 is 0. The monoisotopic (exact) mass is 295 g/mol. The van der Waals surface area contributed by atoms with Crippen LogP contribution in [-0.4, -0.2) is 74.7 Å². The van der Waals surface area contributed by atoms with Crippen molar-refractivity contribution in [3.05, 3.63) is 0 Å². The molecule has 3 rings (SSSR count). The van der Waals surface area contributed by atoms with Crippen LogP contribution in [0.5, 0.6) is 0 Å². The van der Waals surface area contributed by atoms with Crippen LogP contribution in [0, 0.1) is 11.3 Å². The first kappa shape index (κ1) is 15.3. The second-order valence-corrected chi connectivity index (χ2v) is 7.14. The maximum atomic E-state index is 12.7. The van der Waals surface area contributed by atoms with Crippen molar-refractivity contribution < 1.29 is 9.53 Å². The van der Waals surface area contributed by atoms with Gasteiger partial charge in [0.25, 0.3) is 0 Å². The molecule has 21 heavy (non-hydrogen) atoms. The first-order valence-corrected chi connectivity index (χ1v) is 8.48. The molecule has 1 N–H and O–H groups in total. The van der Waals surface area contributed by atoms with Crippen LogP contribution in [0.2, 0.25) is 0 Å². The second-order valence-electron chi connectivity index (χ2n) is 7.14. The zero-order chi connectivity index (χ0) is 14.7. The van der Waals surface area contributed by atoms with E-state index in [0.717, 1.165) is 77.7 Å². The van der Waals surface area contributed by atoms with Crippen molar-refractivity contribution in [3.63, 3.8) is 0 Å². The van der Waals surface area contributed by atoms with Gasteiger partial charge < -0.3 is 15.0 Å². The Hall–Kier alpha value is -0.650. The summed E-state index contributed by atoms with van der Waals surface area (Å²) in [5.41, 5.74) is -0.156. The van der Waals surface area contributed by atoms with Gasteiger partial charge in [0.15, 0.2) is 0 Å². The minimum atomic E-state index is -0.156. The molecular weight excluding hydrogens is 266 g/mol. The third-order valence-corrected chi connectivity index (χ3v) is 5.41. The number of likely N-dealkylation sites (tertiary alicyclic amines) is 1. The number of amides is 1.